The second-order valence-corrected chi connectivity index (χ2v) is 10.5. The molecule has 0 aliphatic carbocycles. The van der Waals surface area contributed by atoms with E-state index in [1.807, 2.05) is 26.8 Å². The summed E-state index contributed by atoms with van der Waals surface area (Å²) in [7, 11) is 0. The summed E-state index contributed by atoms with van der Waals surface area (Å²) in [5, 5.41) is 2.64. The predicted molar refractivity (Wildman–Crippen MR) is 120 cm³/mol. The van der Waals surface area contributed by atoms with Crippen LogP contribution in [0.5, 0.6) is 0 Å². The van der Waals surface area contributed by atoms with Crippen LogP contribution in [0.15, 0.2) is 30.5 Å². The minimum absolute atomic E-state index is 0.0460. The SMILES string of the molecule is C=C1CCC(N2C(=O)c3ccc(N4CC5(CN(C(=O)OC(C)(C)C)C5)C4)cc3C2=O)C(=O)N1. The van der Waals surface area contributed by atoms with E-state index in [9.17, 15) is 19.2 Å². The fourth-order valence-corrected chi connectivity index (χ4v) is 5.10. The van der Waals surface area contributed by atoms with Crippen molar-refractivity contribution >= 4 is 29.5 Å². The average Bonchev–Trinajstić information content (AvgIpc) is 2.89. The third-order valence-corrected chi connectivity index (χ3v) is 6.66. The van der Waals surface area contributed by atoms with Gasteiger partial charge in [0.15, 0.2) is 0 Å². The topological polar surface area (TPSA) is 99.3 Å². The summed E-state index contributed by atoms with van der Waals surface area (Å²) in [6.07, 6.45) is 0.625. The number of fused-ring (bicyclic) bond motifs is 1. The second kappa shape index (κ2) is 7.07. The third kappa shape index (κ3) is 3.55. The number of nitrogens with one attached hydrogen (secondary N) is 1. The largest absolute Gasteiger partial charge is 0.444 e. The van der Waals surface area contributed by atoms with Crippen LogP contribution in [0.3, 0.4) is 0 Å². The first kappa shape index (κ1) is 21.5. The van der Waals surface area contributed by atoms with Gasteiger partial charge in [-0.05, 0) is 51.8 Å². The molecule has 4 aliphatic rings. The molecular weight excluding hydrogens is 424 g/mol. The molecule has 4 amide bonds. The van der Waals surface area contributed by atoms with Crippen molar-refractivity contribution in [2.75, 3.05) is 31.1 Å². The number of allylic oxidation sites excluding steroid dienone is 1. The van der Waals surface area contributed by atoms with Gasteiger partial charge in [-0.15, -0.1) is 0 Å². The molecule has 0 radical (unpaired) electrons. The molecule has 0 aromatic heterocycles. The van der Waals surface area contributed by atoms with Crippen LogP contribution >= 0.6 is 0 Å². The van der Waals surface area contributed by atoms with Gasteiger partial charge in [0, 0.05) is 43.0 Å². The number of carbonyl (C=O) groups excluding carboxylic acids is 4. The standard InChI is InChI=1S/C24H28N4O5/c1-14-5-8-18(19(29)25-14)28-20(30)16-7-6-15(9-17(16)21(28)31)26-10-24(11-26)12-27(13-24)22(32)33-23(2,3)4/h6-7,9,18H,1,5,8,10-13H2,2-4H3,(H,25,29). The number of rotatable bonds is 2. The maximum absolute atomic E-state index is 13.1. The van der Waals surface area contributed by atoms with Gasteiger partial charge in [-0.2, -0.15) is 0 Å². The Morgan fingerprint density at radius 3 is 2.39 bits per heavy atom. The lowest BCUT2D eigenvalue weighted by atomic mass is 9.72. The van der Waals surface area contributed by atoms with Crippen molar-refractivity contribution in [2.24, 2.45) is 5.41 Å². The van der Waals surface area contributed by atoms with E-state index in [0.717, 1.165) is 23.7 Å². The molecule has 4 heterocycles. The number of amides is 4. The molecule has 3 saturated heterocycles. The first-order chi connectivity index (χ1) is 15.5. The Labute approximate surface area is 192 Å². The Kier molecular flexibility index (Phi) is 4.60. The highest BCUT2D eigenvalue weighted by Gasteiger charge is 2.54. The van der Waals surface area contributed by atoms with E-state index < -0.39 is 23.5 Å². The molecule has 1 aromatic rings. The molecule has 1 unspecified atom stereocenters. The summed E-state index contributed by atoms with van der Waals surface area (Å²) in [5.41, 5.74) is 1.66. The van der Waals surface area contributed by atoms with Crippen LogP contribution in [0.4, 0.5) is 10.5 Å². The summed E-state index contributed by atoms with van der Waals surface area (Å²) < 4.78 is 5.43. The zero-order valence-corrected chi connectivity index (χ0v) is 19.1. The van der Waals surface area contributed by atoms with Crippen LogP contribution < -0.4 is 10.2 Å². The molecule has 9 heteroatoms. The first-order valence-electron chi connectivity index (χ1n) is 11.2. The molecular formula is C24H28N4O5. The molecule has 1 aromatic carbocycles. The van der Waals surface area contributed by atoms with Crippen LogP contribution in [0, 0.1) is 5.41 Å². The van der Waals surface area contributed by atoms with Crippen molar-refractivity contribution in [1.29, 1.82) is 0 Å². The highest BCUT2D eigenvalue weighted by atomic mass is 16.6. The molecule has 3 fully saturated rings. The molecule has 1 atom stereocenters. The van der Waals surface area contributed by atoms with Crippen molar-refractivity contribution in [3.8, 4) is 0 Å². The summed E-state index contributed by atoms with van der Waals surface area (Å²) in [6.45, 7) is 12.1. The van der Waals surface area contributed by atoms with E-state index in [0.29, 0.717) is 42.8 Å². The van der Waals surface area contributed by atoms with Crippen LogP contribution in [0.1, 0.15) is 54.3 Å². The fourth-order valence-electron chi connectivity index (χ4n) is 5.10. The van der Waals surface area contributed by atoms with Gasteiger partial charge in [-0.3, -0.25) is 19.3 Å². The number of nitrogens with zero attached hydrogens (tertiary/aromatic N) is 3. The van der Waals surface area contributed by atoms with Crippen LogP contribution in [-0.2, 0) is 9.53 Å². The highest BCUT2D eigenvalue weighted by Crippen LogP contribution is 2.43. The van der Waals surface area contributed by atoms with Crippen LogP contribution in [0.2, 0.25) is 0 Å². The van der Waals surface area contributed by atoms with Crippen LogP contribution in [-0.4, -0.2) is 71.4 Å². The van der Waals surface area contributed by atoms with Crippen molar-refractivity contribution in [2.45, 2.75) is 45.3 Å². The normalized spacial score (nSPS) is 23.8. The number of imide groups is 1. The number of anilines is 1. The monoisotopic (exact) mass is 452 g/mol. The van der Waals surface area contributed by atoms with Gasteiger partial charge in [-0.1, -0.05) is 6.58 Å². The number of likely N-dealkylation sites (tertiary alicyclic amines) is 1. The van der Waals surface area contributed by atoms with Crippen molar-refractivity contribution in [1.82, 2.24) is 15.1 Å². The number of piperidine rings is 1. The van der Waals surface area contributed by atoms with Crippen molar-refractivity contribution in [3.63, 3.8) is 0 Å². The lowest BCUT2D eigenvalue weighted by Crippen LogP contribution is -2.73. The number of ether oxygens (including phenoxy) is 1. The minimum atomic E-state index is -0.813. The van der Waals surface area contributed by atoms with E-state index in [1.54, 1.807) is 17.0 Å². The molecule has 174 valence electrons. The molecule has 33 heavy (non-hydrogen) atoms. The smallest absolute Gasteiger partial charge is 0.410 e. The molecule has 1 N–H and O–H groups in total. The summed E-state index contributed by atoms with van der Waals surface area (Å²) >= 11 is 0. The van der Waals surface area contributed by atoms with Gasteiger partial charge in [0.25, 0.3) is 11.8 Å². The lowest BCUT2D eigenvalue weighted by Gasteiger charge is -2.60. The molecule has 1 spiro atoms. The molecule has 0 bridgehead atoms. The van der Waals surface area contributed by atoms with Gasteiger partial charge >= 0.3 is 6.09 Å². The van der Waals surface area contributed by atoms with Gasteiger partial charge < -0.3 is 19.9 Å². The Bertz CT molecular complexity index is 1090. The van der Waals surface area contributed by atoms with Crippen molar-refractivity contribution in [3.05, 3.63) is 41.6 Å². The van der Waals surface area contributed by atoms with Crippen molar-refractivity contribution < 1.29 is 23.9 Å². The summed E-state index contributed by atoms with van der Waals surface area (Å²) in [6, 6.07) is 4.44. The number of hydrogen-bond acceptors (Lipinski definition) is 6. The minimum Gasteiger partial charge on any atom is -0.444 e. The number of carbonyl (C=O) groups is 4. The van der Waals surface area contributed by atoms with E-state index in [2.05, 4.69) is 16.8 Å². The first-order valence-corrected chi connectivity index (χ1v) is 11.2. The Hall–Kier alpha value is -3.36. The van der Waals surface area contributed by atoms with Gasteiger partial charge in [0.1, 0.15) is 11.6 Å². The third-order valence-electron chi connectivity index (χ3n) is 6.66. The zero-order chi connectivity index (χ0) is 23.7. The average molecular weight is 453 g/mol. The Morgan fingerprint density at radius 1 is 1.09 bits per heavy atom. The maximum Gasteiger partial charge on any atom is 0.410 e. The fraction of sp³-hybridized carbons (Fsp3) is 0.500. The van der Waals surface area contributed by atoms with E-state index >= 15 is 0 Å². The predicted octanol–water partition coefficient (Wildman–Crippen LogP) is 2.13. The van der Waals surface area contributed by atoms with Crippen LogP contribution in [0.25, 0.3) is 0 Å². The quantitative estimate of drug-likeness (QED) is 0.691. The van der Waals surface area contributed by atoms with Gasteiger partial charge in [0.2, 0.25) is 5.91 Å². The Balaban J connectivity index is 1.24. The van der Waals surface area contributed by atoms with E-state index in [4.69, 9.17) is 4.74 Å². The van der Waals surface area contributed by atoms with Gasteiger partial charge in [0.05, 0.1) is 11.1 Å². The summed E-state index contributed by atoms with van der Waals surface area (Å²) in [5.74, 6) is -1.23. The second-order valence-electron chi connectivity index (χ2n) is 10.5. The highest BCUT2D eigenvalue weighted by molar-refractivity contribution is 6.23. The van der Waals surface area contributed by atoms with E-state index in [-0.39, 0.29) is 17.4 Å². The molecule has 9 nitrogen and oxygen atoms in total. The number of benzene rings is 1. The maximum atomic E-state index is 13.1. The number of hydrogen-bond donors (Lipinski definition) is 1. The zero-order valence-electron chi connectivity index (χ0n) is 19.1. The molecule has 5 rings (SSSR count). The molecule has 4 aliphatic heterocycles. The summed E-state index contributed by atoms with van der Waals surface area (Å²) in [4.78, 5) is 55.5. The Morgan fingerprint density at radius 2 is 1.76 bits per heavy atom. The van der Waals surface area contributed by atoms with E-state index in [1.165, 1.54) is 0 Å². The molecule has 0 saturated carbocycles. The van der Waals surface area contributed by atoms with Gasteiger partial charge in [-0.25, -0.2) is 4.79 Å². The lowest BCUT2D eigenvalue weighted by molar-refractivity contribution is -0.125.